The largest absolute Gasteiger partial charge is 0.507 e. The summed E-state index contributed by atoms with van der Waals surface area (Å²) in [5.74, 6) is 0.260. The number of rotatable bonds is 0. The third-order valence-electron chi connectivity index (χ3n) is 4.46. The molecule has 3 N–H and O–H groups in total. The van der Waals surface area contributed by atoms with Crippen molar-refractivity contribution in [2.75, 3.05) is 5.73 Å². The van der Waals surface area contributed by atoms with E-state index in [2.05, 4.69) is 0 Å². The van der Waals surface area contributed by atoms with Gasteiger partial charge in [-0.15, -0.1) is 0 Å². The van der Waals surface area contributed by atoms with Gasteiger partial charge in [0.25, 0.3) is 0 Å². The molecule has 0 aromatic heterocycles. The van der Waals surface area contributed by atoms with Gasteiger partial charge in [0, 0.05) is 28.0 Å². The smallest absolute Gasteiger partial charge is 0.194 e. The second-order valence-corrected chi connectivity index (χ2v) is 6.33. The van der Waals surface area contributed by atoms with E-state index in [0.29, 0.717) is 23.1 Å². The molecule has 3 nitrogen and oxygen atoms in total. The van der Waals surface area contributed by atoms with Gasteiger partial charge in [0.05, 0.1) is 0 Å². The summed E-state index contributed by atoms with van der Waals surface area (Å²) in [6.45, 7) is 3.99. The minimum atomic E-state index is 0.0113. The molecule has 126 valence electrons. The molecular formula is C22H21NO2. The number of Topliss-reactive ketones (excluding diaryl/α,β-unsaturated/α-hetero) is 1. The Balaban J connectivity index is 0.000000192. The van der Waals surface area contributed by atoms with Gasteiger partial charge in [-0.2, -0.15) is 0 Å². The van der Waals surface area contributed by atoms with Gasteiger partial charge >= 0.3 is 0 Å². The van der Waals surface area contributed by atoms with Crippen LogP contribution in [0.2, 0.25) is 0 Å². The molecular weight excluding hydrogens is 310 g/mol. The summed E-state index contributed by atoms with van der Waals surface area (Å²) in [5, 5.41) is 10.3. The molecule has 0 amide bonds. The van der Waals surface area contributed by atoms with Gasteiger partial charge in [0.1, 0.15) is 5.76 Å². The molecule has 0 unspecified atom stereocenters. The number of benzene rings is 2. The van der Waals surface area contributed by atoms with Gasteiger partial charge in [-0.25, -0.2) is 0 Å². The van der Waals surface area contributed by atoms with E-state index in [9.17, 15) is 9.90 Å². The van der Waals surface area contributed by atoms with Crippen LogP contribution >= 0.6 is 0 Å². The van der Waals surface area contributed by atoms with E-state index in [1.807, 2.05) is 62.4 Å². The van der Waals surface area contributed by atoms with Crippen molar-refractivity contribution in [1.29, 1.82) is 0 Å². The molecule has 0 saturated heterocycles. The highest BCUT2D eigenvalue weighted by Gasteiger charge is 2.29. The van der Waals surface area contributed by atoms with Crippen LogP contribution in [0.25, 0.3) is 5.76 Å². The summed E-state index contributed by atoms with van der Waals surface area (Å²) >= 11 is 0. The number of aliphatic hydroxyl groups excluding tert-OH is 1. The summed E-state index contributed by atoms with van der Waals surface area (Å²) in [6, 6.07) is 15.0. The van der Waals surface area contributed by atoms with E-state index in [0.717, 1.165) is 22.4 Å². The average Bonchev–Trinajstić information content (AvgIpc) is 2.63. The first-order valence-corrected chi connectivity index (χ1v) is 8.24. The molecule has 3 heteroatoms. The number of carbonyl (C=O) groups excluding carboxylic acids is 1. The lowest BCUT2D eigenvalue weighted by molar-refractivity contribution is 0.103. The first kappa shape index (κ1) is 16.8. The number of para-hydroxylation sites is 1. The molecule has 0 aliphatic heterocycles. The highest BCUT2D eigenvalue weighted by molar-refractivity contribution is 6.17. The average molecular weight is 331 g/mol. The Morgan fingerprint density at radius 1 is 0.920 bits per heavy atom. The Labute approximate surface area is 147 Å². The van der Waals surface area contributed by atoms with Gasteiger partial charge in [0.2, 0.25) is 0 Å². The summed E-state index contributed by atoms with van der Waals surface area (Å²) in [4.78, 5) is 12.3. The van der Waals surface area contributed by atoms with Crippen LogP contribution in [0.1, 0.15) is 34.8 Å². The summed E-state index contributed by atoms with van der Waals surface area (Å²) in [5.41, 5.74) is 11.3. The minimum absolute atomic E-state index is 0.0113. The van der Waals surface area contributed by atoms with Crippen LogP contribution in [0.5, 0.6) is 0 Å². The number of hydrogen-bond acceptors (Lipinski definition) is 3. The molecule has 0 atom stereocenters. The first-order chi connectivity index (χ1) is 12.0. The third kappa shape index (κ3) is 3.26. The Bertz CT molecular complexity index is 912. The van der Waals surface area contributed by atoms with E-state index in [4.69, 9.17) is 5.73 Å². The number of anilines is 1. The van der Waals surface area contributed by atoms with Crippen LogP contribution in [0, 0.1) is 6.92 Å². The molecule has 2 aromatic carbocycles. The molecule has 0 heterocycles. The minimum Gasteiger partial charge on any atom is -0.507 e. The molecule has 2 aliphatic rings. The molecule has 0 spiro atoms. The molecule has 0 saturated carbocycles. The van der Waals surface area contributed by atoms with Crippen molar-refractivity contribution < 1.29 is 9.90 Å². The maximum atomic E-state index is 12.3. The first-order valence-electron chi connectivity index (χ1n) is 8.24. The van der Waals surface area contributed by atoms with Crippen LogP contribution in [0.4, 0.5) is 5.69 Å². The number of hydrogen-bond donors (Lipinski definition) is 2. The topological polar surface area (TPSA) is 63.3 Å². The summed E-state index contributed by atoms with van der Waals surface area (Å²) in [7, 11) is 0. The molecule has 25 heavy (non-hydrogen) atoms. The van der Waals surface area contributed by atoms with E-state index in [1.165, 1.54) is 0 Å². The predicted molar refractivity (Wildman–Crippen MR) is 102 cm³/mol. The molecule has 2 aliphatic carbocycles. The standard InChI is InChI=1S/C15H12O2.C7H9N/c1-9-6-7-12-13(8-9)15(17)11-5-3-2-4-10(11)14(12)16;1-6-4-2-3-5-7(6)8/h2-7,17H,8H2,1H3;2-5H,8H2,1H3. The maximum absolute atomic E-state index is 12.3. The van der Waals surface area contributed by atoms with Crippen LogP contribution in [0.3, 0.4) is 0 Å². The number of aliphatic hydroxyl groups is 1. The van der Waals surface area contributed by atoms with E-state index < -0.39 is 0 Å². The molecule has 0 bridgehead atoms. The van der Waals surface area contributed by atoms with Crippen molar-refractivity contribution in [1.82, 2.24) is 0 Å². The Kier molecular flexibility index (Phi) is 4.57. The second kappa shape index (κ2) is 6.81. The van der Waals surface area contributed by atoms with Crippen LogP contribution < -0.4 is 5.73 Å². The Morgan fingerprint density at radius 3 is 2.20 bits per heavy atom. The SMILES string of the molecule is CC1=CC=C2C(=O)c3ccccc3C(O)=C2C1.Cc1ccccc1N. The number of ketones is 1. The van der Waals surface area contributed by atoms with Gasteiger partial charge < -0.3 is 10.8 Å². The number of nitrogens with two attached hydrogens (primary N) is 1. The highest BCUT2D eigenvalue weighted by atomic mass is 16.3. The predicted octanol–water partition coefficient (Wildman–Crippen LogP) is 5.01. The number of nitrogen functional groups attached to an aromatic ring is 1. The quantitative estimate of drug-likeness (QED) is 0.667. The summed E-state index contributed by atoms with van der Waals surface area (Å²) in [6.07, 6.45) is 4.40. The monoisotopic (exact) mass is 331 g/mol. The third-order valence-corrected chi connectivity index (χ3v) is 4.46. The van der Waals surface area contributed by atoms with Crippen LogP contribution in [0.15, 0.2) is 77.4 Å². The Hall–Kier alpha value is -3.07. The van der Waals surface area contributed by atoms with E-state index in [1.54, 1.807) is 12.1 Å². The number of carbonyl (C=O) groups is 1. The molecule has 4 rings (SSSR count). The molecule has 2 aromatic rings. The zero-order valence-corrected chi connectivity index (χ0v) is 14.4. The van der Waals surface area contributed by atoms with Gasteiger partial charge in [0.15, 0.2) is 5.78 Å². The lowest BCUT2D eigenvalue weighted by atomic mass is 9.80. The number of fused-ring (bicyclic) bond motifs is 2. The fourth-order valence-corrected chi connectivity index (χ4v) is 2.97. The van der Waals surface area contributed by atoms with Crippen molar-refractivity contribution in [2.45, 2.75) is 20.3 Å². The lowest BCUT2D eigenvalue weighted by Crippen LogP contribution is -2.17. The Morgan fingerprint density at radius 2 is 1.56 bits per heavy atom. The number of allylic oxidation sites excluding steroid dienone is 5. The van der Waals surface area contributed by atoms with E-state index >= 15 is 0 Å². The molecule has 0 fully saturated rings. The van der Waals surface area contributed by atoms with Crippen LogP contribution in [-0.4, -0.2) is 10.9 Å². The van der Waals surface area contributed by atoms with Crippen LogP contribution in [-0.2, 0) is 0 Å². The molecule has 0 radical (unpaired) electrons. The van der Waals surface area contributed by atoms with Crippen molar-refractivity contribution in [3.05, 3.63) is 94.1 Å². The fourth-order valence-electron chi connectivity index (χ4n) is 2.97. The van der Waals surface area contributed by atoms with E-state index in [-0.39, 0.29) is 11.5 Å². The zero-order valence-electron chi connectivity index (χ0n) is 14.4. The van der Waals surface area contributed by atoms with Gasteiger partial charge in [-0.1, -0.05) is 60.2 Å². The second-order valence-electron chi connectivity index (χ2n) is 6.33. The van der Waals surface area contributed by atoms with Crippen molar-refractivity contribution >= 4 is 17.2 Å². The normalized spacial score (nSPS) is 15.4. The number of aryl methyl sites for hydroxylation is 1. The van der Waals surface area contributed by atoms with Crippen molar-refractivity contribution in [3.63, 3.8) is 0 Å². The van der Waals surface area contributed by atoms with Gasteiger partial charge in [-0.05, 0) is 31.9 Å². The van der Waals surface area contributed by atoms with Crippen molar-refractivity contribution in [3.8, 4) is 0 Å². The fraction of sp³-hybridized carbons (Fsp3) is 0.136. The van der Waals surface area contributed by atoms with Crippen molar-refractivity contribution in [2.24, 2.45) is 0 Å². The zero-order chi connectivity index (χ0) is 18.0. The van der Waals surface area contributed by atoms with Gasteiger partial charge in [-0.3, -0.25) is 4.79 Å². The maximum Gasteiger partial charge on any atom is 0.194 e. The lowest BCUT2D eigenvalue weighted by Gasteiger charge is -2.23. The summed E-state index contributed by atoms with van der Waals surface area (Å²) < 4.78 is 0. The highest BCUT2D eigenvalue weighted by Crippen LogP contribution is 2.38.